The van der Waals surface area contributed by atoms with Crippen LogP contribution in [-0.2, 0) is 20.7 Å². The number of esters is 1. The summed E-state index contributed by atoms with van der Waals surface area (Å²) in [4.78, 5) is 26.5. The summed E-state index contributed by atoms with van der Waals surface area (Å²) < 4.78 is 5.26. The number of anilines is 1. The number of nitrogens with one attached hydrogen (secondary N) is 1. The lowest BCUT2D eigenvalue weighted by molar-refractivity contribution is -0.141. The summed E-state index contributed by atoms with van der Waals surface area (Å²) in [7, 11) is 0. The fraction of sp³-hybridized carbons (Fsp3) is 0.143. The number of thiophene rings is 2. The number of aryl methyl sites for hydroxylation is 1. The monoisotopic (exact) mass is 397 g/mol. The van der Waals surface area contributed by atoms with Crippen molar-refractivity contribution in [3.8, 4) is 0 Å². The second kappa shape index (κ2) is 9.30. The van der Waals surface area contributed by atoms with E-state index in [1.165, 1.54) is 22.7 Å². The Labute approximate surface area is 166 Å². The lowest BCUT2D eigenvalue weighted by Crippen LogP contribution is -2.21. The summed E-state index contributed by atoms with van der Waals surface area (Å²) in [6.07, 6.45) is 2.68. The van der Waals surface area contributed by atoms with Gasteiger partial charge in [0.2, 0.25) is 0 Å². The molecule has 0 radical (unpaired) electrons. The number of carbonyl (C=O) groups is 2. The first-order chi connectivity index (χ1) is 13.2. The predicted octanol–water partition coefficient (Wildman–Crippen LogP) is 5.09. The first-order valence-electron chi connectivity index (χ1n) is 8.50. The number of amides is 1. The first-order valence-corrected chi connectivity index (χ1v) is 10.3. The highest BCUT2D eigenvalue weighted by molar-refractivity contribution is 7.12. The molecule has 0 saturated carbocycles. The van der Waals surface area contributed by atoms with Crippen LogP contribution in [-0.4, -0.2) is 18.5 Å². The Bertz CT molecular complexity index is 928. The van der Waals surface area contributed by atoms with Crippen LogP contribution >= 0.6 is 22.7 Å². The van der Waals surface area contributed by atoms with Crippen LogP contribution in [0.3, 0.4) is 0 Å². The van der Waals surface area contributed by atoms with Gasteiger partial charge in [0.15, 0.2) is 6.61 Å². The van der Waals surface area contributed by atoms with Gasteiger partial charge >= 0.3 is 5.97 Å². The number of rotatable bonds is 7. The number of benzene rings is 1. The van der Waals surface area contributed by atoms with Crippen LogP contribution in [0.25, 0.3) is 11.6 Å². The molecule has 6 heteroatoms. The molecule has 0 fully saturated rings. The topological polar surface area (TPSA) is 55.4 Å². The van der Waals surface area contributed by atoms with Gasteiger partial charge in [-0.15, -0.1) is 22.7 Å². The molecule has 1 N–H and O–H groups in total. The molecule has 0 bridgehead atoms. The third kappa shape index (κ3) is 5.39. The molecule has 2 heterocycles. The number of carbonyl (C=O) groups excluding carboxylic acids is 2. The third-order valence-electron chi connectivity index (χ3n) is 3.79. The van der Waals surface area contributed by atoms with Gasteiger partial charge < -0.3 is 10.1 Å². The van der Waals surface area contributed by atoms with Crippen LogP contribution in [0.4, 0.5) is 5.69 Å². The van der Waals surface area contributed by atoms with E-state index in [4.69, 9.17) is 4.74 Å². The van der Waals surface area contributed by atoms with E-state index in [1.54, 1.807) is 6.08 Å². The van der Waals surface area contributed by atoms with Crippen molar-refractivity contribution in [2.24, 2.45) is 0 Å². The molecular weight excluding hydrogens is 378 g/mol. The molecule has 0 saturated heterocycles. The summed E-state index contributed by atoms with van der Waals surface area (Å²) in [6.45, 7) is 1.72. The highest BCUT2D eigenvalue weighted by atomic mass is 32.1. The molecule has 27 heavy (non-hydrogen) atoms. The van der Waals surface area contributed by atoms with Crippen LogP contribution in [0, 0.1) is 0 Å². The Balaban J connectivity index is 1.64. The van der Waals surface area contributed by atoms with Crippen LogP contribution in [0.1, 0.15) is 22.2 Å². The summed E-state index contributed by atoms with van der Waals surface area (Å²) in [5.41, 5.74) is 2.28. The van der Waals surface area contributed by atoms with Gasteiger partial charge in [0.1, 0.15) is 0 Å². The lowest BCUT2D eigenvalue weighted by atomic mass is 10.1. The van der Waals surface area contributed by atoms with Gasteiger partial charge in [0.05, 0.1) is 5.57 Å². The summed E-state index contributed by atoms with van der Waals surface area (Å²) in [5, 5.41) is 6.61. The second-order valence-corrected chi connectivity index (χ2v) is 7.66. The molecule has 0 aliphatic rings. The second-order valence-electron chi connectivity index (χ2n) is 5.73. The number of hydrogen-bond donors (Lipinski definition) is 1. The van der Waals surface area contributed by atoms with Crippen LogP contribution in [0.15, 0.2) is 59.3 Å². The fourth-order valence-electron chi connectivity index (χ4n) is 2.45. The van der Waals surface area contributed by atoms with Gasteiger partial charge in [-0.05, 0) is 53.1 Å². The minimum atomic E-state index is -0.511. The predicted molar refractivity (Wildman–Crippen MR) is 112 cm³/mol. The molecule has 0 atom stereocenters. The van der Waals surface area contributed by atoms with E-state index in [-0.39, 0.29) is 12.5 Å². The summed E-state index contributed by atoms with van der Waals surface area (Å²) >= 11 is 2.99. The van der Waals surface area contributed by atoms with Crippen LogP contribution in [0.5, 0.6) is 0 Å². The molecular formula is C21H19NO3S2. The first kappa shape index (κ1) is 19.1. The van der Waals surface area contributed by atoms with Crippen molar-refractivity contribution in [2.45, 2.75) is 13.3 Å². The maximum Gasteiger partial charge on any atom is 0.340 e. The average Bonchev–Trinajstić information content (AvgIpc) is 3.38. The summed E-state index contributed by atoms with van der Waals surface area (Å²) in [6, 6.07) is 15.2. The van der Waals surface area contributed by atoms with Gasteiger partial charge in [-0.25, -0.2) is 4.79 Å². The van der Waals surface area contributed by atoms with Gasteiger partial charge in [0, 0.05) is 15.4 Å². The van der Waals surface area contributed by atoms with E-state index in [1.807, 2.05) is 59.3 Å². The Morgan fingerprint density at radius 1 is 1.07 bits per heavy atom. The molecule has 138 valence electrons. The van der Waals surface area contributed by atoms with Gasteiger partial charge in [-0.2, -0.15) is 0 Å². The lowest BCUT2D eigenvalue weighted by Gasteiger charge is -2.09. The maximum absolute atomic E-state index is 12.6. The smallest absolute Gasteiger partial charge is 0.340 e. The largest absolute Gasteiger partial charge is 0.452 e. The zero-order valence-corrected chi connectivity index (χ0v) is 16.4. The van der Waals surface area contributed by atoms with E-state index >= 15 is 0 Å². The Morgan fingerprint density at radius 2 is 1.89 bits per heavy atom. The number of hydrogen-bond acceptors (Lipinski definition) is 5. The Kier molecular flexibility index (Phi) is 6.57. The molecule has 2 aromatic heterocycles. The highest BCUT2D eigenvalue weighted by Gasteiger charge is 2.17. The Hall–Kier alpha value is -2.70. The summed E-state index contributed by atoms with van der Waals surface area (Å²) in [5.74, 6) is -0.874. The Morgan fingerprint density at radius 3 is 2.59 bits per heavy atom. The van der Waals surface area contributed by atoms with E-state index in [9.17, 15) is 9.59 Å². The van der Waals surface area contributed by atoms with Crippen molar-refractivity contribution in [1.82, 2.24) is 0 Å². The number of ether oxygens (including phenoxy) is 1. The van der Waals surface area contributed by atoms with Gasteiger partial charge in [-0.3, -0.25) is 4.79 Å². The highest BCUT2D eigenvalue weighted by Crippen LogP contribution is 2.25. The van der Waals surface area contributed by atoms with Crippen molar-refractivity contribution in [3.05, 3.63) is 74.6 Å². The van der Waals surface area contributed by atoms with Gasteiger partial charge in [0.25, 0.3) is 5.91 Å². The minimum Gasteiger partial charge on any atom is -0.452 e. The molecule has 0 aliphatic heterocycles. The van der Waals surface area contributed by atoms with Crippen LogP contribution in [0.2, 0.25) is 0 Å². The zero-order chi connectivity index (χ0) is 19.1. The van der Waals surface area contributed by atoms with E-state index in [2.05, 4.69) is 12.2 Å². The van der Waals surface area contributed by atoms with Crippen molar-refractivity contribution in [3.63, 3.8) is 0 Å². The SMILES string of the molecule is CCc1cccc(NC(=O)COC(=O)/C(=C/c2cccs2)c2cccs2)c1. The van der Waals surface area contributed by atoms with E-state index < -0.39 is 5.97 Å². The van der Waals surface area contributed by atoms with Crippen molar-refractivity contribution in [2.75, 3.05) is 11.9 Å². The molecule has 0 spiro atoms. The molecule has 4 nitrogen and oxygen atoms in total. The van der Waals surface area contributed by atoms with Gasteiger partial charge in [-0.1, -0.05) is 31.2 Å². The zero-order valence-electron chi connectivity index (χ0n) is 14.8. The minimum absolute atomic E-state index is 0.331. The normalized spacial score (nSPS) is 11.2. The van der Waals surface area contributed by atoms with Crippen molar-refractivity contribution < 1.29 is 14.3 Å². The molecule has 3 rings (SSSR count). The standard InChI is InChI=1S/C21H19NO3S2/c1-2-15-6-3-7-16(12-15)22-20(23)14-25-21(24)18(19-9-5-11-27-19)13-17-8-4-10-26-17/h3-13H,2,14H2,1H3,(H,22,23)/b18-13+. The molecule has 0 aliphatic carbocycles. The maximum atomic E-state index is 12.6. The van der Waals surface area contributed by atoms with Crippen LogP contribution < -0.4 is 5.32 Å². The van der Waals surface area contributed by atoms with E-state index in [0.29, 0.717) is 11.3 Å². The van der Waals surface area contributed by atoms with E-state index in [0.717, 1.165) is 21.7 Å². The molecule has 0 unspecified atom stereocenters. The fourth-order valence-corrected chi connectivity index (χ4v) is 3.84. The average molecular weight is 398 g/mol. The molecule has 1 amide bonds. The molecule has 3 aromatic rings. The quantitative estimate of drug-likeness (QED) is 0.446. The third-order valence-corrected chi connectivity index (χ3v) is 5.51. The van der Waals surface area contributed by atoms with Crippen molar-refractivity contribution >= 4 is 51.9 Å². The van der Waals surface area contributed by atoms with Crippen molar-refractivity contribution in [1.29, 1.82) is 0 Å². The molecule has 1 aromatic carbocycles.